The van der Waals surface area contributed by atoms with Crippen molar-refractivity contribution in [2.45, 2.75) is 25.8 Å². The fourth-order valence-corrected chi connectivity index (χ4v) is 3.87. The van der Waals surface area contributed by atoms with E-state index in [9.17, 15) is 15.2 Å². The fourth-order valence-electron chi connectivity index (χ4n) is 3.87. The van der Waals surface area contributed by atoms with Gasteiger partial charge in [0.05, 0.1) is 35.0 Å². The third-order valence-electron chi connectivity index (χ3n) is 5.41. The Kier molecular flexibility index (Phi) is 8.45. The standard InChI is InChI=1S/C22H22N4O3.ClHO4/c27-22-16(15-25-12-4-1-5-13-25)14-21(19-6-2-3-7-20(19)22)24-23-17-8-10-18(11-9-17)26(28)29;2-1(3,4)5/h2-3,6-11,14,27H,1,4-5,12-13,15H2;(H,2,3,4,5). The number of nitrogens with one attached hydrogen (secondary N) is 1. The lowest BCUT2D eigenvalue weighted by atomic mass is 10.0. The smallest absolute Gasteiger partial charge is 0.269 e. The van der Waals surface area contributed by atoms with Crippen LogP contribution in [0.4, 0.5) is 17.1 Å². The van der Waals surface area contributed by atoms with E-state index in [4.69, 9.17) is 18.6 Å². The first-order valence-corrected chi connectivity index (χ1v) is 11.7. The van der Waals surface area contributed by atoms with E-state index < -0.39 is 15.2 Å². The zero-order chi connectivity index (χ0) is 24.7. The summed E-state index contributed by atoms with van der Waals surface area (Å²) in [6.45, 7) is 2.99. The molecule has 0 aromatic heterocycles. The molecule has 1 aliphatic heterocycles. The third-order valence-corrected chi connectivity index (χ3v) is 5.41. The first kappa shape index (κ1) is 25.4. The second-order valence-corrected chi connectivity index (χ2v) is 8.54. The average Bonchev–Trinajstić information content (AvgIpc) is 2.80. The maximum absolute atomic E-state index is 10.8. The SMILES string of the molecule is O=[N+]([O-])c1ccc(N=Nc2cc(C[NH+]3CCCCC3)c(O)c3ccccc23)cc1.[O-][Cl+3]([O-])([O-])[O-]. The van der Waals surface area contributed by atoms with Crippen molar-refractivity contribution in [1.29, 1.82) is 0 Å². The molecule has 0 saturated carbocycles. The van der Waals surface area contributed by atoms with Crippen LogP contribution in [-0.4, -0.2) is 23.1 Å². The Morgan fingerprint density at radius 1 is 0.912 bits per heavy atom. The number of phenols is 1. The first-order valence-electron chi connectivity index (χ1n) is 10.5. The van der Waals surface area contributed by atoms with Crippen molar-refractivity contribution in [2.75, 3.05) is 13.1 Å². The number of rotatable bonds is 5. The molecule has 4 rings (SSSR count). The number of aromatic hydroxyl groups is 1. The highest BCUT2D eigenvalue weighted by Crippen LogP contribution is 2.36. The summed E-state index contributed by atoms with van der Waals surface area (Å²) in [6, 6.07) is 15.5. The van der Waals surface area contributed by atoms with E-state index in [-0.39, 0.29) is 5.69 Å². The Morgan fingerprint density at radius 3 is 2.09 bits per heavy atom. The number of quaternary nitrogens is 1. The van der Waals surface area contributed by atoms with E-state index in [1.54, 1.807) is 12.1 Å². The van der Waals surface area contributed by atoms with Gasteiger partial charge in [-0.15, -0.1) is 15.4 Å². The molecule has 3 aromatic carbocycles. The monoisotopic (exact) mass is 490 g/mol. The number of fused-ring (bicyclic) bond motifs is 1. The van der Waals surface area contributed by atoms with E-state index >= 15 is 0 Å². The van der Waals surface area contributed by atoms with Crippen molar-refractivity contribution >= 4 is 27.8 Å². The largest absolute Gasteiger partial charge is 0.507 e. The third kappa shape index (κ3) is 7.42. The fraction of sp³-hybridized carbons (Fsp3) is 0.273. The summed E-state index contributed by atoms with van der Waals surface area (Å²) in [4.78, 5) is 11.8. The lowest BCUT2D eigenvalue weighted by Crippen LogP contribution is -3.11. The van der Waals surface area contributed by atoms with Crippen LogP contribution in [0.15, 0.2) is 64.8 Å². The molecule has 0 spiro atoms. The van der Waals surface area contributed by atoms with Crippen LogP contribution in [0.1, 0.15) is 24.8 Å². The second-order valence-electron chi connectivity index (χ2n) is 7.79. The molecule has 34 heavy (non-hydrogen) atoms. The number of hydrogen-bond acceptors (Lipinski definition) is 9. The minimum atomic E-state index is -4.94. The topological polar surface area (TPSA) is 185 Å². The Morgan fingerprint density at radius 2 is 1.50 bits per heavy atom. The van der Waals surface area contributed by atoms with Gasteiger partial charge in [-0.1, -0.05) is 24.3 Å². The Hall–Kier alpha value is -3.19. The molecule has 0 radical (unpaired) electrons. The Bertz CT molecular complexity index is 1150. The zero-order valence-corrected chi connectivity index (χ0v) is 18.8. The van der Waals surface area contributed by atoms with Crippen LogP contribution in [0, 0.1) is 20.4 Å². The molecule has 2 N–H and O–H groups in total. The van der Waals surface area contributed by atoms with Crippen molar-refractivity contribution in [3.05, 3.63) is 70.3 Å². The first-order chi connectivity index (χ1) is 16.1. The molecular formula is C22H23ClN4O7. The minimum Gasteiger partial charge on any atom is -0.507 e. The number of halogens is 1. The second kappa shape index (κ2) is 11.3. The van der Waals surface area contributed by atoms with Gasteiger partial charge in [0, 0.05) is 22.9 Å². The maximum atomic E-state index is 10.8. The number of nitro benzene ring substituents is 1. The number of non-ortho nitro benzene ring substituents is 1. The van der Waals surface area contributed by atoms with E-state index in [0.29, 0.717) is 17.1 Å². The van der Waals surface area contributed by atoms with Crippen LogP contribution >= 0.6 is 0 Å². The predicted octanol–water partition coefficient (Wildman–Crippen LogP) is -0.318. The van der Waals surface area contributed by atoms with Gasteiger partial charge in [0.25, 0.3) is 5.69 Å². The molecule has 0 amide bonds. The normalized spacial score (nSPS) is 14.7. The van der Waals surface area contributed by atoms with Crippen LogP contribution in [0.5, 0.6) is 5.75 Å². The number of azo groups is 1. The van der Waals surface area contributed by atoms with E-state index in [1.165, 1.54) is 36.3 Å². The molecule has 0 unspecified atom stereocenters. The van der Waals surface area contributed by atoms with Gasteiger partial charge in [-0.25, -0.2) is 18.6 Å². The summed E-state index contributed by atoms with van der Waals surface area (Å²) in [7, 11) is -4.94. The predicted molar refractivity (Wildman–Crippen MR) is 111 cm³/mol. The van der Waals surface area contributed by atoms with Crippen LogP contribution in [0.25, 0.3) is 10.8 Å². The number of hydrogen-bond donors (Lipinski definition) is 2. The van der Waals surface area contributed by atoms with Crippen LogP contribution in [0.3, 0.4) is 0 Å². The van der Waals surface area contributed by atoms with Gasteiger partial charge in [0.2, 0.25) is 0 Å². The van der Waals surface area contributed by atoms with Crippen molar-refractivity contribution in [3.8, 4) is 5.75 Å². The van der Waals surface area contributed by atoms with Crippen molar-refractivity contribution in [1.82, 2.24) is 0 Å². The molecule has 1 heterocycles. The van der Waals surface area contributed by atoms with Gasteiger partial charge in [0.15, 0.2) is 0 Å². The number of nitrogens with zero attached hydrogens (tertiary/aromatic N) is 3. The highest BCUT2D eigenvalue weighted by Gasteiger charge is 2.18. The molecule has 1 aliphatic rings. The Labute approximate surface area is 197 Å². The van der Waals surface area contributed by atoms with Gasteiger partial charge in [-0.05, 0) is 37.5 Å². The average molecular weight is 491 g/mol. The number of nitro groups is 1. The molecule has 11 nitrogen and oxygen atoms in total. The summed E-state index contributed by atoms with van der Waals surface area (Å²) in [6.07, 6.45) is 3.72. The zero-order valence-electron chi connectivity index (χ0n) is 18.1. The molecule has 12 heteroatoms. The van der Waals surface area contributed by atoms with Gasteiger partial charge in [0.1, 0.15) is 12.3 Å². The van der Waals surface area contributed by atoms with Gasteiger partial charge < -0.3 is 10.0 Å². The molecule has 180 valence electrons. The number of piperidine rings is 1. The van der Waals surface area contributed by atoms with E-state index in [2.05, 4.69) is 10.2 Å². The van der Waals surface area contributed by atoms with Crippen LogP contribution in [-0.2, 0) is 6.54 Å². The molecule has 1 fully saturated rings. The van der Waals surface area contributed by atoms with Gasteiger partial charge >= 0.3 is 0 Å². The van der Waals surface area contributed by atoms with Crippen molar-refractivity contribution < 1.29 is 43.8 Å². The maximum Gasteiger partial charge on any atom is 0.269 e. The molecule has 0 aliphatic carbocycles. The van der Waals surface area contributed by atoms with Gasteiger partial charge in [-0.2, -0.15) is 5.11 Å². The number of likely N-dealkylation sites (tertiary alicyclic amines) is 1. The lowest BCUT2D eigenvalue weighted by Gasteiger charge is -2.24. The van der Waals surface area contributed by atoms with Crippen LogP contribution < -0.4 is 23.5 Å². The lowest BCUT2D eigenvalue weighted by molar-refractivity contribution is -2.00. The molecule has 0 atom stereocenters. The molecular weight excluding hydrogens is 468 g/mol. The van der Waals surface area contributed by atoms with Crippen molar-refractivity contribution in [2.24, 2.45) is 10.2 Å². The Balaban J connectivity index is 0.000000588. The molecule has 1 saturated heterocycles. The van der Waals surface area contributed by atoms with Crippen LogP contribution in [0.2, 0.25) is 0 Å². The minimum absolute atomic E-state index is 0.0193. The van der Waals surface area contributed by atoms with E-state index in [1.807, 2.05) is 30.3 Å². The van der Waals surface area contributed by atoms with Gasteiger partial charge in [-0.3, -0.25) is 10.1 Å². The summed E-state index contributed by atoms with van der Waals surface area (Å²) in [5.74, 6) is 0.313. The summed E-state index contributed by atoms with van der Waals surface area (Å²) in [5, 5.41) is 31.9. The summed E-state index contributed by atoms with van der Waals surface area (Å²) >= 11 is 0. The van der Waals surface area contributed by atoms with E-state index in [0.717, 1.165) is 36.0 Å². The molecule has 3 aromatic rings. The highest BCUT2D eigenvalue weighted by molar-refractivity contribution is 5.97. The van der Waals surface area contributed by atoms with Crippen molar-refractivity contribution in [3.63, 3.8) is 0 Å². The number of benzene rings is 3. The quantitative estimate of drug-likeness (QED) is 0.278. The summed E-state index contributed by atoms with van der Waals surface area (Å²) in [5.41, 5.74) is 2.11. The molecule has 0 bridgehead atoms. The number of phenolic OH excluding ortho intramolecular Hbond substituents is 1. The highest BCUT2D eigenvalue weighted by atomic mass is 35.7. The summed E-state index contributed by atoms with van der Waals surface area (Å²) < 4.78 is 34.0.